The minimum absolute atomic E-state index is 0.735. The van der Waals surface area contributed by atoms with Gasteiger partial charge in [0.05, 0.1) is 6.54 Å². The number of hydrogen-bond acceptors (Lipinski definition) is 3. The van der Waals surface area contributed by atoms with Crippen molar-refractivity contribution >= 4 is 0 Å². The maximum absolute atomic E-state index is 4.32. The zero-order chi connectivity index (χ0) is 10.8. The number of rotatable bonds is 3. The van der Waals surface area contributed by atoms with Crippen molar-refractivity contribution in [1.29, 1.82) is 0 Å². The van der Waals surface area contributed by atoms with E-state index in [2.05, 4.69) is 20.1 Å². The molecule has 0 radical (unpaired) electrons. The first-order valence-corrected chi connectivity index (χ1v) is 6.58. The summed E-state index contributed by atoms with van der Waals surface area (Å²) in [5.74, 6) is 2.34. The van der Waals surface area contributed by atoms with Gasteiger partial charge in [-0.15, -0.1) is 10.2 Å². The van der Waals surface area contributed by atoms with E-state index in [9.17, 15) is 0 Å². The Kier molecular flexibility index (Phi) is 2.91. The predicted octanol–water partition coefficient (Wildman–Crippen LogP) is 1.65. The molecule has 0 saturated heterocycles. The second-order valence-electron chi connectivity index (χ2n) is 5.00. The molecule has 1 aromatic rings. The first kappa shape index (κ1) is 10.3. The molecule has 1 aromatic heterocycles. The molecule has 4 heteroatoms. The summed E-state index contributed by atoms with van der Waals surface area (Å²) in [5.41, 5.74) is 0. The van der Waals surface area contributed by atoms with Crippen molar-refractivity contribution in [2.45, 2.75) is 64.1 Å². The Morgan fingerprint density at radius 1 is 1.12 bits per heavy atom. The first-order valence-electron chi connectivity index (χ1n) is 6.58. The third-order valence-corrected chi connectivity index (χ3v) is 3.84. The Balaban J connectivity index is 1.66. The lowest BCUT2D eigenvalue weighted by atomic mass is 9.93. The minimum Gasteiger partial charge on any atom is -0.314 e. The Morgan fingerprint density at radius 3 is 2.88 bits per heavy atom. The Labute approximate surface area is 96.4 Å². The van der Waals surface area contributed by atoms with Gasteiger partial charge in [-0.25, -0.2) is 0 Å². The summed E-state index contributed by atoms with van der Waals surface area (Å²) in [7, 11) is 0. The highest BCUT2D eigenvalue weighted by Crippen LogP contribution is 2.19. The molecule has 1 fully saturated rings. The third kappa shape index (κ3) is 1.98. The molecule has 16 heavy (non-hydrogen) atoms. The SMILES string of the molecule is C1CCc2nnc(CNC3CCC3)n2CC1. The van der Waals surface area contributed by atoms with E-state index in [4.69, 9.17) is 0 Å². The number of aromatic nitrogens is 3. The molecule has 1 aliphatic carbocycles. The van der Waals surface area contributed by atoms with Gasteiger partial charge in [-0.2, -0.15) is 0 Å². The van der Waals surface area contributed by atoms with Crippen LogP contribution in [0.5, 0.6) is 0 Å². The van der Waals surface area contributed by atoms with E-state index in [-0.39, 0.29) is 0 Å². The number of nitrogens with zero attached hydrogens (tertiary/aromatic N) is 3. The van der Waals surface area contributed by atoms with Crippen LogP contribution in [0.4, 0.5) is 0 Å². The van der Waals surface area contributed by atoms with Gasteiger partial charge in [0.1, 0.15) is 11.6 Å². The van der Waals surface area contributed by atoms with Crippen LogP contribution in [-0.4, -0.2) is 20.8 Å². The van der Waals surface area contributed by atoms with Crippen LogP contribution in [0.25, 0.3) is 0 Å². The molecule has 0 spiro atoms. The van der Waals surface area contributed by atoms with Crippen LogP contribution < -0.4 is 5.32 Å². The molecule has 0 atom stereocenters. The quantitative estimate of drug-likeness (QED) is 0.842. The van der Waals surface area contributed by atoms with Crippen LogP contribution in [0.15, 0.2) is 0 Å². The summed E-state index contributed by atoms with van der Waals surface area (Å²) in [4.78, 5) is 0. The van der Waals surface area contributed by atoms with Crippen LogP contribution >= 0.6 is 0 Å². The smallest absolute Gasteiger partial charge is 0.147 e. The molecule has 1 saturated carbocycles. The maximum Gasteiger partial charge on any atom is 0.147 e. The third-order valence-electron chi connectivity index (χ3n) is 3.84. The number of hydrogen-bond donors (Lipinski definition) is 1. The van der Waals surface area contributed by atoms with E-state index in [0.29, 0.717) is 0 Å². The summed E-state index contributed by atoms with van der Waals surface area (Å²) in [6, 6.07) is 0.735. The van der Waals surface area contributed by atoms with Crippen LogP contribution in [0.1, 0.15) is 50.2 Å². The van der Waals surface area contributed by atoms with Crippen LogP contribution in [0, 0.1) is 0 Å². The molecule has 0 amide bonds. The average Bonchev–Trinajstić information content (AvgIpc) is 2.47. The van der Waals surface area contributed by atoms with Gasteiger partial charge in [0.25, 0.3) is 0 Å². The summed E-state index contributed by atoms with van der Waals surface area (Å²) >= 11 is 0. The summed E-state index contributed by atoms with van der Waals surface area (Å²) < 4.78 is 2.33. The number of nitrogens with one attached hydrogen (secondary N) is 1. The number of aryl methyl sites for hydroxylation is 1. The lowest BCUT2D eigenvalue weighted by Gasteiger charge is -2.26. The Hall–Kier alpha value is -0.900. The van der Waals surface area contributed by atoms with Crippen LogP contribution in [0.2, 0.25) is 0 Å². The highest BCUT2D eigenvalue weighted by Gasteiger charge is 2.19. The fourth-order valence-electron chi connectivity index (χ4n) is 2.52. The fourth-order valence-corrected chi connectivity index (χ4v) is 2.52. The lowest BCUT2D eigenvalue weighted by molar-refractivity contribution is 0.332. The van der Waals surface area contributed by atoms with Crippen molar-refractivity contribution in [3.05, 3.63) is 11.6 Å². The highest BCUT2D eigenvalue weighted by molar-refractivity contribution is 4.98. The molecule has 1 N–H and O–H groups in total. The Morgan fingerprint density at radius 2 is 2.06 bits per heavy atom. The van der Waals surface area contributed by atoms with Gasteiger partial charge < -0.3 is 9.88 Å². The summed E-state index contributed by atoms with van der Waals surface area (Å²) in [6.07, 6.45) is 9.04. The van der Waals surface area contributed by atoms with Crippen molar-refractivity contribution in [2.24, 2.45) is 0 Å². The molecule has 2 heterocycles. The van der Waals surface area contributed by atoms with Crippen molar-refractivity contribution in [3.63, 3.8) is 0 Å². The molecule has 88 valence electrons. The molecule has 3 rings (SSSR count). The van der Waals surface area contributed by atoms with Gasteiger partial charge in [-0.1, -0.05) is 12.8 Å². The molecule has 0 bridgehead atoms. The second-order valence-corrected chi connectivity index (χ2v) is 5.00. The topological polar surface area (TPSA) is 42.7 Å². The van der Waals surface area contributed by atoms with Crippen molar-refractivity contribution in [1.82, 2.24) is 20.1 Å². The van der Waals surface area contributed by atoms with E-state index in [1.54, 1.807) is 0 Å². The zero-order valence-electron chi connectivity index (χ0n) is 9.78. The average molecular weight is 220 g/mol. The predicted molar refractivity (Wildman–Crippen MR) is 62.1 cm³/mol. The fraction of sp³-hybridized carbons (Fsp3) is 0.833. The number of fused-ring (bicyclic) bond motifs is 1. The van der Waals surface area contributed by atoms with E-state index >= 15 is 0 Å². The van der Waals surface area contributed by atoms with Gasteiger partial charge >= 0.3 is 0 Å². The zero-order valence-corrected chi connectivity index (χ0v) is 9.78. The van der Waals surface area contributed by atoms with Gasteiger partial charge in [0.2, 0.25) is 0 Å². The largest absolute Gasteiger partial charge is 0.314 e. The molecule has 2 aliphatic rings. The normalized spacial score (nSPS) is 21.2. The molecular weight excluding hydrogens is 200 g/mol. The van der Waals surface area contributed by atoms with Crippen LogP contribution in [0.3, 0.4) is 0 Å². The second kappa shape index (κ2) is 4.53. The molecule has 0 unspecified atom stereocenters. The minimum atomic E-state index is 0.735. The van der Waals surface area contributed by atoms with Gasteiger partial charge in [0, 0.05) is 19.0 Å². The first-order chi connectivity index (χ1) is 7.93. The molecular formula is C12H20N4. The Bertz CT molecular complexity index is 354. The standard InChI is InChI=1S/C12H20N4/c1-2-7-11-14-15-12(16(11)8-3-1)9-13-10-5-4-6-10/h10,13H,1-9H2. The van der Waals surface area contributed by atoms with Crippen molar-refractivity contribution < 1.29 is 0 Å². The molecule has 0 aromatic carbocycles. The van der Waals surface area contributed by atoms with Gasteiger partial charge in [-0.05, 0) is 25.7 Å². The van der Waals surface area contributed by atoms with E-state index in [1.807, 2.05) is 0 Å². The molecule has 1 aliphatic heterocycles. The highest BCUT2D eigenvalue weighted by atomic mass is 15.3. The van der Waals surface area contributed by atoms with Crippen molar-refractivity contribution in [3.8, 4) is 0 Å². The van der Waals surface area contributed by atoms with E-state index in [0.717, 1.165) is 31.4 Å². The van der Waals surface area contributed by atoms with E-state index in [1.165, 1.54) is 44.3 Å². The monoisotopic (exact) mass is 220 g/mol. The van der Waals surface area contributed by atoms with Crippen molar-refractivity contribution in [2.75, 3.05) is 0 Å². The lowest BCUT2D eigenvalue weighted by Crippen LogP contribution is -2.35. The summed E-state index contributed by atoms with van der Waals surface area (Å²) in [6.45, 7) is 2.02. The van der Waals surface area contributed by atoms with E-state index < -0.39 is 0 Å². The maximum atomic E-state index is 4.32. The van der Waals surface area contributed by atoms with Gasteiger partial charge in [-0.3, -0.25) is 0 Å². The summed E-state index contributed by atoms with van der Waals surface area (Å²) in [5, 5.41) is 12.2. The molecule has 4 nitrogen and oxygen atoms in total. The van der Waals surface area contributed by atoms with Gasteiger partial charge in [0.15, 0.2) is 0 Å². The van der Waals surface area contributed by atoms with Crippen LogP contribution in [-0.2, 0) is 19.5 Å².